The molecule has 0 saturated carbocycles. The first-order chi connectivity index (χ1) is 13.3. The highest BCUT2D eigenvalue weighted by Gasteiger charge is 2.40. The zero-order valence-corrected chi connectivity index (χ0v) is 17.3. The minimum absolute atomic E-state index is 0.185. The van der Waals surface area contributed by atoms with Gasteiger partial charge in [-0.1, -0.05) is 35.9 Å². The van der Waals surface area contributed by atoms with Gasteiger partial charge in [0.25, 0.3) is 0 Å². The number of carbonyl (C=O) groups is 1. The third-order valence-electron chi connectivity index (χ3n) is 5.08. The smallest absolute Gasteiger partial charge is 0.244 e. The number of nitrogens with one attached hydrogen (secondary N) is 1. The zero-order valence-electron chi connectivity index (χ0n) is 16.4. The quantitative estimate of drug-likeness (QED) is 0.806. The summed E-state index contributed by atoms with van der Waals surface area (Å²) in [4.78, 5) is 12.9. The van der Waals surface area contributed by atoms with Gasteiger partial charge in [0.2, 0.25) is 15.9 Å². The second kappa shape index (κ2) is 8.32. The van der Waals surface area contributed by atoms with E-state index < -0.39 is 16.1 Å². The van der Waals surface area contributed by atoms with Crippen LogP contribution in [0.1, 0.15) is 29.5 Å². The molecule has 1 heterocycles. The van der Waals surface area contributed by atoms with Crippen molar-refractivity contribution in [1.82, 2.24) is 9.62 Å². The van der Waals surface area contributed by atoms with Gasteiger partial charge < -0.3 is 10.1 Å². The molecule has 0 aromatic heterocycles. The summed E-state index contributed by atoms with van der Waals surface area (Å²) in [5, 5.41) is 2.88. The molecule has 1 aliphatic rings. The summed E-state index contributed by atoms with van der Waals surface area (Å²) in [6, 6.07) is 12.2. The number of rotatable bonds is 6. The number of hydrogen-bond donors (Lipinski definition) is 1. The molecule has 0 spiro atoms. The first kappa shape index (κ1) is 20.4. The third-order valence-corrected chi connectivity index (χ3v) is 7.13. The lowest BCUT2D eigenvalue weighted by atomic mass is 10.1. The second-order valence-electron chi connectivity index (χ2n) is 7.11. The third kappa shape index (κ3) is 4.20. The fraction of sp³-hybridized carbons (Fsp3) is 0.381. The lowest BCUT2D eigenvalue weighted by Crippen LogP contribution is -2.45. The minimum atomic E-state index is -3.79. The molecule has 7 heteroatoms. The minimum Gasteiger partial charge on any atom is -0.497 e. The first-order valence-electron chi connectivity index (χ1n) is 9.32. The molecule has 1 atom stereocenters. The standard InChI is InChI=1S/C21H26N2O4S/c1-15-6-9-17(10-7-15)14-22-21(24)19-5-4-12-23(19)28(25,26)20-13-18(27-3)11-8-16(20)2/h6-11,13,19H,4-5,12,14H2,1-3H3,(H,22,24). The van der Waals surface area contributed by atoms with Gasteiger partial charge in [-0.25, -0.2) is 8.42 Å². The molecular formula is C21H26N2O4S. The van der Waals surface area contributed by atoms with E-state index in [9.17, 15) is 13.2 Å². The van der Waals surface area contributed by atoms with Crippen molar-refractivity contribution in [3.63, 3.8) is 0 Å². The number of sulfonamides is 1. The Hall–Kier alpha value is -2.38. The summed E-state index contributed by atoms with van der Waals surface area (Å²) in [6.07, 6.45) is 1.17. The molecule has 28 heavy (non-hydrogen) atoms. The Labute approximate surface area is 166 Å². The molecule has 1 N–H and O–H groups in total. The van der Waals surface area contributed by atoms with Crippen molar-refractivity contribution in [2.45, 2.75) is 44.2 Å². The van der Waals surface area contributed by atoms with Crippen molar-refractivity contribution in [3.8, 4) is 5.75 Å². The Kier molecular flexibility index (Phi) is 6.05. The summed E-state index contributed by atoms with van der Waals surface area (Å²) in [5.41, 5.74) is 2.76. The molecule has 1 fully saturated rings. The van der Waals surface area contributed by atoms with Crippen LogP contribution in [-0.2, 0) is 21.4 Å². The van der Waals surface area contributed by atoms with Crippen LogP contribution in [0.5, 0.6) is 5.75 Å². The van der Waals surface area contributed by atoms with Crippen LogP contribution in [-0.4, -0.2) is 38.3 Å². The first-order valence-corrected chi connectivity index (χ1v) is 10.8. The van der Waals surface area contributed by atoms with Crippen molar-refractivity contribution in [2.75, 3.05) is 13.7 Å². The maximum absolute atomic E-state index is 13.2. The lowest BCUT2D eigenvalue weighted by Gasteiger charge is -2.24. The number of ether oxygens (including phenoxy) is 1. The van der Waals surface area contributed by atoms with Crippen LogP contribution in [0, 0.1) is 13.8 Å². The van der Waals surface area contributed by atoms with Gasteiger partial charge in [0.15, 0.2) is 0 Å². The zero-order chi connectivity index (χ0) is 20.3. The Bertz CT molecular complexity index is 955. The maximum Gasteiger partial charge on any atom is 0.244 e. The summed E-state index contributed by atoms with van der Waals surface area (Å²) in [6.45, 7) is 4.46. The number of benzene rings is 2. The Balaban J connectivity index is 1.77. The Morgan fingerprint density at radius 3 is 2.57 bits per heavy atom. The van der Waals surface area contributed by atoms with Crippen molar-refractivity contribution in [1.29, 1.82) is 0 Å². The van der Waals surface area contributed by atoms with E-state index in [4.69, 9.17) is 4.74 Å². The second-order valence-corrected chi connectivity index (χ2v) is 8.97. The van der Waals surface area contributed by atoms with Crippen LogP contribution < -0.4 is 10.1 Å². The highest BCUT2D eigenvalue weighted by molar-refractivity contribution is 7.89. The highest BCUT2D eigenvalue weighted by Crippen LogP contribution is 2.30. The van der Waals surface area contributed by atoms with E-state index in [1.807, 2.05) is 31.2 Å². The Morgan fingerprint density at radius 2 is 1.89 bits per heavy atom. The van der Waals surface area contributed by atoms with Gasteiger partial charge >= 0.3 is 0 Å². The van der Waals surface area contributed by atoms with Crippen LogP contribution in [0.15, 0.2) is 47.4 Å². The van der Waals surface area contributed by atoms with E-state index in [1.165, 1.54) is 17.5 Å². The summed E-state index contributed by atoms with van der Waals surface area (Å²) < 4.78 is 33.0. The lowest BCUT2D eigenvalue weighted by molar-refractivity contribution is -0.124. The molecule has 2 aromatic rings. The molecule has 150 valence electrons. The van der Waals surface area contributed by atoms with Gasteiger partial charge in [-0.3, -0.25) is 4.79 Å². The van der Waals surface area contributed by atoms with Crippen LogP contribution >= 0.6 is 0 Å². The number of nitrogens with zero attached hydrogens (tertiary/aromatic N) is 1. The number of amides is 1. The highest BCUT2D eigenvalue weighted by atomic mass is 32.2. The van der Waals surface area contributed by atoms with Crippen LogP contribution in [0.25, 0.3) is 0 Å². The largest absolute Gasteiger partial charge is 0.497 e. The van der Waals surface area contributed by atoms with Gasteiger partial charge in [0.05, 0.1) is 12.0 Å². The molecule has 1 saturated heterocycles. The SMILES string of the molecule is COc1ccc(C)c(S(=O)(=O)N2CCCC2C(=O)NCc2ccc(C)cc2)c1. The summed E-state index contributed by atoms with van der Waals surface area (Å²) >= 11 is 0. The van der Waals surface area contributed by atoms with Crippen molar-refractivity contribution in [3.05, 3.63) is 59.2 Å². The molecular weight excluding hydrogens is 376 g/mol. The molecule has 3 rings (SSSR count). The van der Waals surface area contributed by atoms with E-state index in [0.29, 0.717) is 37.2 Å². The number of methoxy groups -OCH3 is 1. The maximum atomic E-state index is 13.2. The van der Waals surface area contributed by atoms with Gasteiger partial charge in [0.1, 0.15) is 11.8 Å². The van der Waals surface area contributed by atoms with E-state index in [0.717, 1.165) is 11.1 Å². The van der Waals surface area contributed by atoms with Gasteiger partial charge in [0, 0.05) is 19.2 Å². The molecule has 1 aliphatic heterocycles. The predicted molar refractivity (Wildman–Crippen MR) is 108 cm³/mol. The van der Waals surface area contributed by atoms with E-state index in [-0.39, 0.29) is 10.8 Å². The fourth-order valence-corrected chi connectivity index (χ4v) is 5.31. The van der Waals surface area contributed by atoms with Crippen LogP contribution in [0.2, 0.25) is 0 Å². The number of aryl methyl sites for hydroxylation is 2. The average Bonchev–Trinajstić information content (AvgIpc) is 3.18. The summed E-state index contributed by atoms with van der Waals surface area (Å²) in [7, 11) is -2.29. The number of hydrogen-bond acceptors (Lipinski definition) is 4. The van der Waals surface area contributed by atoms with Crippen molar-refractivity contribution in [2.24, 2.45) is 0 Å². The normalized spacial score (nSPS) is 17.5. The summed E-state index contributed by atoms with van der Waals surface area (Å²) in [5.74, 6) is 0.214. The predicted octanol–water partition coefficient (Wildman–Crippen LogP) is 2.78. The van der Waals surface area contributed by atoms with Gasteiger partial charge in [-0.05, 0) is 43.9 Å². The monoisotopic (exact) mass is 402 g/mol. The molecule has 6 nitrogen and oxygen atoms in total. The van der Waals surface area contributed by atoms with Crippen LogP contribution in [0.4, 0.5) is 0 Å². The molecule has 1 unspecified atom stereocenters. The van der Waals surface area contributed by atoms with Crippen molar-refractivity contribution < 1.29 is 17.9 Å². The topological polar surface area (TPSA) is 75.7 Å². The van der Waals surface area contributed by atoms with Gasteiger partial charge in [-0.15, -0.1) is 0 Å². The average molecular weight is 403 g/mol. The van der Waals surface area contributed by atoms with Gasteiger partial charge in [-0.2, -0.15) is 4.31 Å². The van der Waals surface area contributed by atoms with E-state index in [2.05, 4.69) is 5.32 Å². The molecule has 1 amide bonds. The number of carbonyl (C=O) groups excluding carboxylic acids is 1. The molecule has 0 radical (unpaired) electrons. The molecule has 2 aromatic carbocycles. The fourth-order valence-electron chi connectivity index (χ4n) is 3.41. The van der Waals surface area contributed by atoms with Crippen LogP contribution in [0.3, 0.4) is 0 Å². The molecule has 0 aliphatic carbocycles. The van der Waals surface area contributed by atoms with E-state index in [1.54, 1.807) is 19.1 Å². The van der Waals surface area contributed by atoms with Crippen molar-refractivity contribution >= 4 is 15.9 Å². The Morgan fingerprint density at radius 1 is 1.18 bits per heavy atom. The van der Waals surface area contributed by atoms with E-state index >= 15 is 0 Å². The molecule has 0 bridgehead atoms.